The summed E-state index contributed by atoms with van der Waals surface area (Å²) in [5.41, 5.74) is 8.17. The Bertz CT molecular complexity index is 297. The molecule has 2 N–H and O–H groups in total. The van der Waals surface area contributed by atoms with Crippen LogP contribution in [0.25, 0.3) is 0 Å². The van der Waals surface area contributed by atoms with Crippen LogP contribution >= 0.6 is 0 Å². The highest BCUT2D eigenvalue weighted by atomic mass is 15.1. The van der Waals surface area contributed by atoms with Gasteiger partial charge in [0, 0.05) is 19.3 Å². The molecule has 1 rings (SSSR count). The lowest BCUT2D eigenvalue weighted by Gasteiger charge is -2.21. The fourth-order valence-electron chi connectivity index (χ4n) is 1.96. The lowest BCUT2D eigenvalue weighted by Crippen LogP contribution is -2.19. The van der Waals surface area contributed by atoms with Crippen LogP contribution in [-0.4, -0.2) is 20.1 Å². The second-order valence-corrected chi connectivity index (χ2v) is 4.41. The van der Waals surface area contributed by atoms with Crippen LogP contribution < -0.4 is 10.6 Å². The van der Waals surface area contributed by atoms with E-state index in [-0.39, 0.29) is 0 Å². The van der Waals surface area contributed by atoms with E-state index in [2.05, 4.69) is 43.1 Å². The molecule has 0 aliphatic heterocycles. The van der Waals surface area contributed by atoms with Gasteiger partial charge in [-0.15, -0.1) is 0 Å². The van der Waals surface area contributed by atoms with E-state index in [1.807, 2.05) is 0 Å². The zero-order valence-corrected chi connectivity index (χ0v) is 10.6. The van der Waals surface area contributed by atoms with Gasteiger partial charge in [0.1, 0.15) is 0 Å². The number of hydrogen-bond donors (Lipinski definition) is 1. The number of anilines is 1. The number of hydrogen-bond acceptors (Lipinski definition) is 2. The van der Waals surface area contributed by atoms with Crippen molar-refractivity contribution in [2.45, 2.75) is 32.6 Å². The Balaban J connectivity index is 2.30. The molecule has 0 unspecified atom stereocenters. The van der Waals surface area contributed by atoms with Crippen LogP contribution in [0.5, 0.6) is 0 Å². The third-order valence-corrected chi connectivity index (χ3v) is 2.97. The van der Waals surface area contributed by atoms with Crippen molar-refractivity contribution >= 4 is 5.69 Å². The van der Waals surface area contributed by atoms with E-state index in [4.69, 9.17) is 5.73 Å². The Hall–Kier alpha value is -1.02. The molecule has 0 saturated carbocycles. The highest BCUT2D eigenvalue weighted by molar-refractivity contribution is 5.52. The third kappa shape index (κ3) is 4.23. The summed E-state index contributed by atoms with van der Waals surface area (Å²) in [5.74, 6) is 0. The fraction of sp³-hybridized carbons (Fsp3) is 0.571. The maximum atomic E-state index is 5.47. The summed E-state index contributed by atoms with van der Waals surface area (Å²) in [4.78, 5) is 2.35. The van der Waals surface area contributed by atoms with Crippen LogP contribution in [0.2, 0.25) is 0 Å². The number of unbranched alkanes of at least 4 members (excludes halogenated alkanes) is 3. The van der Waals surface area contributed by atoms with Crippen molar-refractivity contribution < 1.29 is 0 Å². The third-order valence-electron chi connectivity index (χ3n) is 2.97. The van der Waals surface area contributed by atoms with Crippen LogP contribution in [0.3, 0.4) is 0 Å². The molecule has 1 aromatic rings. The minimum Gasteiger partial charge on any atom is -0.374 e. The monoisotopic (exact) mass is 220 g/mol. The second-order valence-electron chi connectivity index (χ2n) is 4.41. The first-order valence-corrected chi connectivity index (χ1v) is 6.22. The Kier molecular flexibility index (Phi) is 5.94. The van der Waals surface area contributed by atoms with Crippen LogP contribution in [0.15, 0.2) is 24.3 Å². The standard InChI is InChI=1S/C14H24N2/c1-13-9-5-6-10-14(13)16(2)12-8-4-3-7-11-15/h5-6,9-10H,3-4,7-8,11-12,15H2,1-2H3. The fourth-order valence-corrected chi connectivity index (χ4v) is 1.96. The molecule has 0 heterocycles. The van der Waals surface area contributed by atoms with Crippen molar-refractivity contribution in [2.75, 3.05) is 25.0 Å². The quantitative estimate of drug-likeness (QED) is 0.716. The topological polar surface area (TPSA) is 29.3 Å². The first kappa shape index (κ1) is 13.0. The van der Waals surface area contributed by atoms with Gasteiger partial charge in [0.15, 0.2) is 0 Å². The van der Waals surface area contributed by atoms with Gasteiger partial charge in [-0.3, -0.25) is 0 Å². The zero-order valence-electron chi connectivity index (χ0n) is 10.6. The molecule has 2 nitrogen and oxygen atoms in total. The first-order chi connectivity index (χ1) is 7.75. The molecule has 0 saturated heterocycles. The summed E-state index contributed by atoms with van der Waals surface area (Å²) in [6.45, 7) is 4.13. The lowest BCUT2D eigenvalue weighted by atomic mass is 10.1. The second kappa shape index (κ2) is 7.29. The van der Waals surface area contributed by atoms with Crippen LogP contribution in [0.1, 0.15) is 31.2 Å². The minimum atomic E-state index is 0.827. The lowest BCUT2D eigenvalue weighted by molar-refractivity contribution is 0.642. The van der Waals surface area contributed by atoms with Gasteiger partial charge >= 0.3 is 0 Å². The van der Waals surface area contributed by atoms with E-state index in [1.165, 1.54) is 30.5 Å². The highest BCUT2D eigenvalue weighted by Gasteiger charge is 2.02. The summed E-state index contributed by atoms with van der Waals surface area (Å²) in [7, 11) is 2.17. The van der Waals surface area contributed by atoms with Crippen molar-refractivity contribution in [2.24, 2.45) is 5.73 Å². The number of aryl methyl sites for hydroxylation is 1. The zero-order chi connectivity index (χ0) is 11.8. The number of rotatable bonds is 7. The predicted molar refractivity (Wildman–Crippen MR) is 72.0 cm³/mol. The Morgan fingerprint density at radius 2 is 1.75 bits per heavy atom. The molecule has 0 bridgehead atoms. The molecule has 0 aromatic heterocycles. The molecule has 0 aliphatic rings. The van der Waals surface area contributed by atoms with Crippen LogP contribution in [0.4, 0.5) is 5.69 Å². The van der Waals surface area contributed by atoms with E-state index in [0.717, 1.165) is 19.5 Å². The smallest absolute Gasteiger partial charge is 0.0393 e. The number of para-hydroxylation sites is 1. The van der Waals surface area contributed by atoms with Gasteiger partial charge in [0.05, 0.1) is 0 Å². The van der Waals surface area contributed by atoms with Crippen molar-refractivity contribution in [3.05, 3.63) is 29.8 Å². The SMILES string of the molecule is Cc1ccccc1N(C)CCCCCCN. The first-order valence-electron chi connectivity index (χ1n) is 6.22. The molecule has 1 aromatic carbocycles. The van der Waals surface area contributed by atoms with Crippen LogP contribution in [0, 0.1) is 6.92 Å². The molecule has 0 fully saturated rings. The van der Waals surface area contributed by atoms with E-state index in [0.29, 0.717) is 0 Å². The number of nitrogens with two attached hydrogens (primary N) is 1. The van der Waals surface area contributed by atoms with E-state index < -0.39 is 0 Å². The highest BCUT2D eigenvalue weighted by Crippen LogP contribution is 2.18. The van der Waals surface area contributed by atoms with Gasteiger partial charge in [0.2, 0.25) is 0 Å². The van der Waals surface area contributed by atoms with E-state index in [1.54, 1.807) is 0 Å². The maximum absolute atomic E-state index is 5.47. The molecular weight excluding hydrogens is 196 g/mol. The average Bonchev–Trinajstić information content (AvgIpc) is 2.29. The largest absolute Gasteiger partial charge is 0.374 e. The van der Waals surface area contributed by atoms with Crippen molar-refractivity contribution in [1.29, 1.82) is 0 Å². The van der Waals surface area contributed by atoms with Crippen molar-refractivity contribution in [1.82, 2.24) is 0 Å². The molecule has 2 heteroatoms. The van der Waals surface area contributed by atoms with Gasteiger partial charge < -0.3 is 10.6 Å². The molecule has 0 amide bonds. The van der Waals surface area contributed by atoms with Gasteiger partial charge in [0.25, 0.3) is 0 Å². The molecule has 0 aliphatic carbocycles. The summed E-state index contributed by atoms with van der Waals surface area (Å²) in [6, 6.07) is 8.55. The molecule has 0 atom stereocenters. The summed E-state index contributed by atoms with van der Waals surface area (Å²) in [5, 5.41) is 0. The van der Waals surface area contributed by atoms with E-state index in [9.17, 15) is 0 Å². The Labute approximate surface area is 99.5 Å². The van der Waals surface area contributed by atoms with Gasteiger partial charge in [-0.2, -0.15) is 0 Å². The predicted octanol–water partition coefficient (Wildman–Crippen LogP) is 2.95. The number of nitrogens with zero attached hydrogens (tertiary/aromatic N) is 1. The van der Waals surface area contributed by atoms with E-state index >= 15 is 0 Å². The Morgan fingerprint density at radius 3 is 2.44 bits per heavy atom. The summed E-state index contributed by atoms with van der Waals surface area (Å²) in [6.07, 6.45) is 4.96. The van der Waals surface area contributed by atoms with Crippen LogP contribution in [-0.2, 0) is 0 Å². The van der Waals surface area contributed by atoms with Gasteiger partial charge in [-0.1, -0.05) is 31.0 Å². The summed E-state index contributed by atoms with van der Waals surface area (Å²) >= 11 is 0. The molecule has 0 spiro atoms. The molecule has 16 heavy (non-hydrogen) atoms. The molecule has 90 valence electrons. The normalized spacial score (nSPS) is 10.4. The Morgan fingerprint density at radius 1 is 1.06 bits per heavy atom. The van der Waals surface area contributed by atoms with Gasteiger partial charge in [-0.05, 0) is 37.9 Å². The maximum Gasteiger partial charge on any atom is 0.0393 e. The average molecular weight is 220 g/mol. The van der Waals surface area contributed by atoms with Gasteiger partial charge in [-0.25, -0.2) is 0 Å². The number of benzene rings is 1. The summed E-state index contributed by atoms with van der Waals surface area (Å²) < 4.78 is 0. The van der Waals surface area contributed by atoms with Crippen molar-refractivity contribution in [3.8, 4) is 0 Å². The molecule has 0 radical (unpaired) electrons. The minimum absolute atomic E-state index is 0.827. The molecular formula is C14H24N2. The van der Waals surface area contributed by atoms with Crippen molar-refractivity contribution in [3.63, 3.8) is 0 Å².